The van der Waals surface area contributed by atoms with Crippen molar-refractivity contribution in [3.8, 4) is 0 Å². The van der Waals surface area contributed by atoms with E-state index in [-0.39, 0.29) is 12.2 Å². The molecule has 2 rings (SSSR count). The van der Waals surface area contributed by atoms with Crippen LogP contribution >= 0.6 is 11.6 Å². The number of benzene rings is 1. The van der Waals surface area contributed by atoms with Gasteiger partial charge in [0.05, 0.1) is 11.8 Å². The molecule has 3 nitrogen and oxygen atoms in total. The van der Waals surface area contributed by atoms with Crippen LogP contribution in [-0.4, -0.2) is 15.6 Å². The van der Waals surface area contributed by atoms with Crippen LogP contribution < -0.4 is 0 Å². The summed E-state index contributed by atoms with van der Waals surface area (Å²) in [6, 6.07) is 4.17. The van der Waals surface area contributed by atoms with Crippen LogP contribution in [0.4, 0.5) is 4.39 Å². The summed E-state index contributed by atoms with van der Waals surface area (Å²) in [6.45, 7) is 0. The lowest BCUT2D eigenvalue weighted by Gasteiger charge is -2.02. The first kappa shape index (κ1) is 11.8. The number of halogens is 2. The number of carbonyl (C=O) groups is 1. The highest BCUT2D eigenvalue weighted by Gasteiger charge is 2.12. The van der Waals surface area contributed by atoms with Crippen molar-refractivity contribution in [1.82, 2.24) is 9.78 Å². The molecule has 0 radical (unpaired) electrons. The van der Waals surface area contributed by atoms with E-state index in [0.29, 0.717) is 16.1 Å². The third kappa shape index (κ3) is 2.71. The molecule has 0 saturated heterocycles. The SMILES string of the molecule is Cn1cc(C(=O)Cc2cc(Cl)ccc2F)cn1. The Morgan fingerprint density at radius 2 is 2.29 bits per heavy atom. The first-order valence-corrected chi connectivity index (χ1v) is 5.40. The third-order valence-electron chi connectivity index (χ3n) is 2.39. The number of aryl methyl sites for hydroxylation is 1. The highest BCUT2D eigenvalue weighted by atomic mass is 35.5. The number of hydrogen-bond acceptors (Lipinski definition) is 2. The molecule has 0 aliphatic carbocycles. The Hall–Kier alpha value is -1.68. The lowest BCUT2D eigenvalue weighted by molar-refractivity contribution is 0.0992. The van der Waals surface area contributed by atoms with Crippen molar-refractivity contribution in [2.45, 2.75) is 6.42 Å². The van der Waals surface area contributed by atoms with Gasteiger partial charge in [0.25, 0.3) is 0 Å². The van der Waals surface area contributed by atoms with Crippen LogP contribution in [0.15, 0.2) is 30.6 Å². The maximum atomic E-state index is 13.4. The summed E-state index contributed by atoms with van der Waals surface area (Å²) in [6.07, 6.45) is 3.05. The molecule has 0 aliphatic rings. The summed E-state index contributed by atoms with van der Waals surface area (Å²) in [4.78, 5) is 11.8. The van der Waals surface area contributed by atoms with Gasteiger partial charge in [0.1, 0.15) is 5.82 Å². The summed E-state index contributed by atoms with van der Waals surface area (Å²) < 4.78 is 14.9. The Balaban J connectivity index is 2.21. The highest BCUT2D eigenvalue weighted by Crippen LogP contribution is 2.16. The van der Waals surface area contributed by atoms with Crippen LogP contribution in [0.1, 0.15) is 15.9 Å². The smallest absolute Gasteiger partial charge is 0.170 e. The van der Waals surface area contributed by atoms with E-state index >= 15 is 0 Å². The Bertz CT molecular complexity index is 565. The average Bonchev–Trinajstić information content (AvgIpc) is 2.70. The number of aromatic nitrogens is 2. The summed E-state index contributed by atoms with van der Waals surface area (Å²) in [5.41, 5.74) is 0.762. The predicted octanol–water partition coefficient (Wildman–Crippen LogP) is 2.64. The minimum atomic E-state index is -0.424. The van der Waals surface area contributed by atoms with Crippen molar-refractivity contribution in [3.63, 3.8) is 0 Å². The Labute approximate surface area is 103 Å². The third-order valence-corrected chi connectivity index (χ3v) is 2.62. The van der Waals surface area contributed by atoms with Crippen molar-refractivity contribution in [2.24, 2.45) is 7.05 Å². The average molecular weight is 253 g/mol. The molecule has 0 spiro atoms. The normalized spacial score (nSPS) is 10.5. The standard InChI is InChI=1S/C12H10ClFN2O/c1-16-7-9(6-15-16)12(17)5-8-4-10(13)2-3-11(8)14/h2-4,6-7H,5H2,1H3. The van der Waals surface area contributed by atoms with Crippen molar-refractivity contribution >= 4 is 17.4 Å². The van der Waals surface area contributed by atoms with Gasteiger partial charge in [0, 0.05) is 24.7 Å². The van der Waals surface area contributed by atoms with Crippen LogP contribution in [0.2, 0.25) is 5.02 Å². The van der Waals surface area contributed by atoms with E-state index in [1.165, 1.54) is 29.1 Å². The van der Waals surface area contributed by atoms with Crippen molar-refractivity contribution in [2.75, 3.05) is 0 Å². The number of nitrogens with zero attached hydrogens (tertiary/aromatic N) is 2. The molecule has 0 unspecified atom stereocenters. The van der Waals surface area contributed by atoms with Crippen LogP contribution in [0, 0.1) is 5.82 Å². The molecule has 1 heterocycles. The number of ketones is 1. The summed E-state index contributed by atoms with van der Waals surface area (Å²) in [5.74, 6) is -0.606. The number of hydrogen-bond donors (Lipinski definition) is 0. The molecule has 0 bridgehead atoms. The lowest BCUT2D eigenvalue weighted by Crippen LogP contribution is -2.04. The summed E-state index contributed by atoms with van der Waals surface area (Å²) in [5, 5.41) is 4.31. The van der Waals surface area contributed by atoms with Gasteiger partial charge < -0.3 is 0 Å². The predicted molar refractivity (Wildman–Crippen MR) is 62.7 cm³/mol. The van der Waals surface area contributed by atoms with Gasteiger partial charge >= 0.3 is 0 Å². The molecule has 1 aromatic heterocycles. The fourth-order valence-corrected chi connectivity index (χ4v) is 1.71. The van der Waals surface area contributed by atoms with Gasteiger partial charge in [-0.2, -0.15) is 5.10 Å². The van der Waals surface area contributed by atoms with Crippen molar-refractivity contribution in [1.29, 1.82) is 0 Å². The van der Waals surface area contributed by atoms with Gasteiger partial charge in [-0.1, -0.05) is 11.6 Å². The van der Waals surface area contributed by atoms with Crippen LogP contribution in [0.5, 0.6) is 0 Å². The quantitative estimate of drug-likeness (QED) is 0.787. The fourth-order valence-electron chi connectivity index (χ4n) is 1.52. The number of rotatable bonds is 3. The van der Waals surface area contributed by atoms with Gasteiger partial charge in [-0.05, 0) is 23.8 Å². The molecule has 5 heteroatoms. The summed E-state index contributed by atoms with van der Waals surface area (Å²) in [7, 11) is 1.72. The van der Waals surface area contributed by atoms with Crippen molar-refractivity contribution < 1.29 is 9.18 Å². The molecule has 0 fully saturated rings. The van der Waals surface area contributed by atoms with Crippen molar-refractivity contribution in [3.05, 3.63) is 52.6 Å². The first-order chi connectivity index (χ1) is 8.06. The largest absolute Gasteiger partial charge is 0.294 e. The van der Waals surface area contributed by atoms with Gasteiger partial charge in [0.15, 0.2) is 5.78 Å². The molecular formula is C12H10ClFN2O. The highest BCUT2D eigenvalue weighted by molar-refractivity contribution is 6.30. The number of Topliss-reactive ketones (excluding diaryl/α,β-unsaturated/α-hetero) is 1. The maximum absolute atomic E-state index is 13.4. The van der Waals surface area contributed by atoms with Gasteiger partial charge in [-0.25, -0.2) is 4.39 Å². The second-order valence-corrected chi connectivity index (χ2v) is 4.17. The minimum absolute atomic E-state index is 0.0158. The molecule has 0 saturated carbocycles. The Morgan fingerprint density at radius 3 is 2.94 bits per heavy atom. The molecule has 0 N–H and O–H groups in total. The van der Waals surface area contributed by atoms with E-state index in [2.05, 4.69) is 5.10 Å². The molecule has 0 aliphatic heterocycles. The second kappa shape index (κ2) is 4.67. The monoisotopic (exact) mass is 252 g/mol. The second-order valence-electron chi connectivity index (χ2n) is 3.74. The van der Waals surface area contributed by atoms with Crippen LogP contribution in [0.3, 0.4) is 0 Å². The zero-order valence-corrected chi connectivity index (χ0v) is 9.91. The van der Waals surface area contributed by atoms with E-state index in [9.17, 15) is 9.18 Å². The molecular weight excluding hydrogens is 243 g/mol. The zero-order chi connectivity index (χ0) is 12.4. The molecule has 1 aromatic carbocycles. The maximum Gasteiger partial charge on any atom is 0.170 e. The molecule has 2 aromatic rings. The van der Waals surface area contributed by atoms with E-state index in [0.717, 1.165) is 0 Å². The molecule has 17 heavy (non-hydrogen) atoms. The Kier molecular flexibility index (Phi) is 3.24. The zero-order valence-electron chi connectivity index (χ0n) is 9.15. The van der Waals surface area contributed by atoms with Gasteiger partial charge in [0.2, 0.25) is 0 Å². The minimum Gasteiger partial charge on any atom is -0.294 e. The topological polar surface area (TPSA) is 34.9 Å². The molecule has 0 amide bonds. The molecule has 0 atom stereocenters. The lowest BCUT2D eigenvalue weighted by atomic mass is 10.1. The van der Waals surface area contributed by atoms with E-state index < -0.39 is 5.82 Å². The van der Waals surface area contributed by atoms with E-state index in [1.54, 1.807) is 13.2 Å². The van der Waals surface area contributed by atoms with E-state index in [4.69, 9.17) is 11.6 Å². The van der Waals surface area contributed by atoms with E-state index in [1.807, 2.05) is 0 Å². The van der Waals surface area contributed by atoms with Crippen LogP contribution in [0.25, 0.3) is 0 Å². The number of carbonyl (C=O) groups excluding carboxylic acids is 1. The van der Waals surface area contributed by atoms with Crippen LogP contribution in [-0.2, 0) is 13.5 Å². The fraction of sp³-hybridized carbons (Fsp3) is 0.167. The summed E-state index contributed by atoms with van der Waals surface area (Å²) >= 11 is 5.76. The Morgan fingerprint density at radius 1 is 1.53 bits per heavy atom. The van der Waals surface area contributed by atoms with Gasteiger partial charge in [-0.15, -0.1) is 0 Å². The van der Waals surface area contributed by atoms with Gasteiger partial charge in [-0.3, -0.25) is 9.48 Å². The first-order valence-electron chi connectivity index (χ1n) is 5.02. The molecule has 88 valence electrons.